The second-order valence-corrected chi connectivity index (χ2v) is 9.32. The predicted molar refractivity (Wildman–Crippen MR) is 148 cm³/mol. The Bertz CT molecular complexity index is 1600. The van der Waals surface area contributed by atoms with E-state index in [1.165, 1.54) is 18.5 Å². The van der Waals surface area contributed by atoms with Gasteiger partial charge in [0.15, 0.2) is 0 Å². The highest BCUT2D eigenvalue weighted by Crippen LogP contribution is 2.33. The Labute approximate surface area is 229 Å². The number of nitrogens with two attached hydrogens (primary N) is 1. The average molecular weight is 549 g/mol. The number of aliphatic hydroxyl groups is 2. The number of nitrogens with zero attached hydrogens (tertiary/aromatic N) is 3. The molecule has 3 aromatic carbocycles. The van der Waals surface area contributed by atoms with Gasteiger partial charge in [-0.25, -0.2) is 14.4 Å². The smallest absolute Gasteiger partial charge is 0.138 e. The summed E-state index contributed by atoms with van der Waals surface area (Å²) in [6.45, 7) is 0.152. The number of aromatic nitrogens is 2. The largest absolute Gasteiger partial charge is 0.487 e. The number of nitrogen functional groups attached to an aromatic ring is 1. The zero-order valence-electron chi connectivity index (χ0n) is 20.8. The number of aliphatic hydroxyl groups excluding tert-OH is 2. The Balaban J connectivity index is 1.35. The molecular formula is C29H26ClFN4O4. The van der Waals surface area contributed by atoms with Crippen molar-refractivity contribution in [2.24, 2.45) is 0 Å². The molecule has 200 valence electrons. The molecule has 1 unspecified atom stereocenters. The molecule has 2 heterocycles. The van der Waals surface area contributed by atoms with Crippen molar-refractivity contribution in [1.29, 1.82) is 0 Å². The van der Waals surface area contributed by atoms with Crippen LogP contribution in [0.2, 0.25) is 5.02 Å². The van der Waals surface area contributed by atoms with Crippen LogP contribution in [0.4, 0.5) is 15.9 Å². The van der Waals surface area contributed by atoms with Crippen LogP contribution < -0.4 is 15.4 Å². The van der Waals surface area contributed by atoms with Gasteiger partial charge in [-0.3, -0.25) is 0 Å². The maximum absolute atomic E-state index is 13.5. The summed E-state index contributed by atoms with van der Waals surface area (Å²) in [5.74, 6) is 1.66. The predicted octanol–water partition coefficient (Wildman–Crippen LogP) is 5.55. The van der Waals surface area contributed by atoms with E-state index in [0.29, 0.717) is 39.4 Å². The van der Waals surface area contributed by atoms with Crippen LogP contribution in [0, 0.1) is 5.82 Å². The summed E-state index contributed by atoms with van der Waals surface area (Å²) in [5, 5.41) is 21.3. The Morgan fingerprint density at radius 1 is 1.05 bits per heavy atom. The van der Waals surface area contributed by atoms with Crippen LogP contribution in [0.1, 0.15) is 17.7 Å². The molecule has 5 aromatic rings. The summed E-state index contributed by atoms with van der Waals surface area (Å²) in [6, 6.07) is 20.5. The molecule has 10 heteroatoms. The van der Waals surface area contributed by atoms with Gasteiger partial charge in [-0.2, -0.15) is 0 Å². The summed E-state index contributed by atoms with van der Waals surface area (Å²) in [7, 11) is 0. The lowest BCUT2D eigenvalue weighted by Crippen LogP contribution is -2.35. The quantitative estimate of drug-likeness (QED) is 0.194. The average Bonchev–Trinajstić information content (AvgIpc) is 3.40. The van der Waals surface area contributed by atoms with E-state index >= 15 is 0 Å². The number of halogens is 2. The van der Waals surface area contributed by atoms with Gasteiger partial charge >= 0.3 is 0 Å². The summed E-state index contributed by atoms with van der Waals surface area (Å²) in [6.07, 6.45) is 0.535. The lowest BCUT2D eigenvalue weighted by atomic mass is 10.1. The van der Waals surface area contributed by atoms with Crippen LogP contribution >= 0.6 is 11.6 Å². The molecule has 0 bridgehead atoms. The maximum Gasteiger partial charge on any atom is 0.138 e. The van der Waals surface area contributed by atoms with Crippen molar-refractivity contribution < 1.29 is 23.8 Å². The summed E-state index contributed by atoms with van der Waals surface area (Å²) in [4.78, 5) is 9.95. The molecule has 2 aromatic heterocycles. The van der Waals surface area contributed by atoms with Gasteiger partial charge in [0.25, 0.3) is 0 Å². The first-order chi connectivity index (χ1) is 18.9. The first kappa shape index (κ1) is 26.4. The van der Waals surface area contributed by atoms with Crippen LogP contribution in [-0.4, -0.2) is 33.0 Å². The molecule has 0 fully saturated rings. The van der Waals surface area contributed by atoms with Crippen molar-refractivity contribution >= 4 is 34.0 Å². The summed E-state index contributed by atoms with van der Waals surface area (Å²) in [5.41, 5.74) is 8.82. The number of furan rings is 1. The van der Waals surface area contributed by atoms with Gasteiger partial charge in [-0.1, -0.05) is 23.7 Å². The topological polar surface area (TPSA) is 118 Å². The second kappa shape index (κ2) is 11.7. The number of fused-ring (bicyclic) bond motifs is 1. The highest BCUT2D eigenvalue weighted by molar-refractivity contribution is 6.32. The van der Waals surface area contributed by atoms with Gasteiger partial charge in [0.1, 0.15) is 48.1 Å². The van der Waals surface area contributed by atoms with E-state index in [1.807, 2.05) is 30.3 Å². The number of hydrogen-bond acceptors (Lipinski definition) is 8. The normalized spacial score (nSPS) is 12.0. The molecule has 5 rings (SSSR count). The number of hydrogen-bond donors (Lipinski definition) is 3. The molecule has 39 heavy (non-hydrogen) atoms. The van der Waals surface area contributed by atoms with Crippen LogP contribution in [0.25, 0.3) is 22.2 Å². The van der Waals surface area contributed by atoms with Crippen molar-refractivity contribution in [3.8, 4) is 17.1 Å². The fraction of sp³-hybridized carbons (Fsp3) is 0.172. The third kappa shape index (κ3) is 6.12. The highest BCUT2D eigenvalue weighted by atomic mass is 35.5. The van der Waals surface area contributed by atoms with E-state index in [2.05, 4.69) is 9.97 Å². The molecule has 0 radical (unpaired) electrons. The Hall–Kier alpha value is -4.18. The van der Waals surface area contributed by atoms with E-state index in [4.69, 9.17) is 26.5 Å². The van der Waals surface area contributed by atoms with Crippen molar-refractivity contribution in [1.82, 2.24) is 9.97 Å². The van der Waals surface area contributed by atoms with Crippen LogP contribution in [0.15, 0.2) is 83.5 Å². The second-order valence-electron chi connectivity index (χ2n) is 8.91. The van der Waals surface area contributed by atoms with Gasteiger partial charge in [0, 0.05) is 29.7 Å². The Kier molecular flexibility index (Phi) is 7.92. The van der Waals surface area contributed by atoms with E-state index in [0.717, 1.165) is 16.5 Å². The Morgan fingerprint density at radius 2 is 1.92 bits per heavy atom. The fourth-order valence-electron chi connectivity index (χ4n) is 4.23. The molecule has 0 saturated heterocycles. The van der Waals surface area contributed by atoms with E-state index in [-0.39, 0.29) is 32.0 Å². The Morgan fingerprint density at radius 3 is 2.72 bits per heavy atom. The number of benzene rings is 3. The van der Waals surface area contributed by atoms with E-state index in [9.17, 15) is 14.6 Å². The van der Waals surface area contributed by atoms with Gasteiger partial charge in [0.05, 0.1) is 17.1 Å². The van der Waals surface area contributed by atoms with Crippen molar-refractivity contribution in [3.63, 3.8) is 0 Å². The van der Waals surface area contributed by atoms with Gasteiger partial charge in [-0.05, 0) is 66.2 Å². The molecule has 0 aliphatic carbocycles. The molecule has 0 spiro atoms. The summed E-state index contributed by atoms with van der Waals surface area (Å²) < 4.78 is 25.3. The van der Waals surface area contributed by atoms with Crippen molar-refractivity contribution in [2.45, 2.75) is 25.8 Å². The zero-order valence-corrected chi connectivity index (χ0v) is 21.6. The SMILES string of the molecule is Nc1ncnc2ccc(-c3ccc(CN(c4ccc(OCc5cccc(F)c5)c(Cl)c4)C(O)CCO)o3)cc12. The zero-order chi connectivity index (χ0) is 27.4. The molecular weight excluding hydrogens is 523 g/mol. The number of rotatable bonds is 10. The molecule has 0 saturated carbocycles. The minimum Gasteiger partial charge on any atom is -0.487 e. The number of ether oxygens (including phenoxy) is 1. The molecule has 8 nitrogen and oxygen atoms in total. The molecule has 4 N–H and O–H groups in total. The maximum atomic E-state index is 13.5. The lowest BCUT2D eigenvalue weighted by molar-refractivity contribution is 0.125. The van der Waals surface area contributed by atoms with Crippen LogP contribution in [-0.2, 0) is 13.2 Å². The molecule has 0 amide bonds. The standard InChI is InChI=1S/C29H26ClFN4O4/c30-24-14-21(5-8-27(24)38-16-18-2-1-3-20(31)12-18)35(28(37)10-11-36)15-22-6-9-26(39-22)19-4-7-25-23(13-19)29(32)34-17-33-25/h1-9,12-14,17,28,36-37H,10-11,15-16H2,(H2,32,33,34). The van der Waals surface area contributed by atoms with Crippen molar-refractivity contribution in [3.05, 3.63) is 101 Å². The third-order valence-electron chi connectivity index (χ3n) is 6.22. The number of anilines is 2. The molecule has 0 aliphatic rings. The van der Waals surface area contributed by atoms with Crippen LogP contribution in [0.5, 0.6) is 5.75 Å². The van der Waals surface area contributed by atoms with Gasteiger partial charge in [-0.15, -0.1) is 0 Å². The minimum absolute atomic E-state index is 0.118. The molecule has 1 atom stereocenters. The van der Waals surface area contributed by atoms with E-state index < -0.39 is 6.23 Å². The summed E-state index contributed by atoms with van der Waals surface area (Å²) >= 11 is 6.50. The first-order valence-electron chi connectivity index (χ1n) is 12.2. The lowest BCUT2D eigenvalue weighted by Gasteiger charge is -2.29. The minimum atomic E-state index is -1.00. The monoisotopic (exact) mass is 548 g/mol. The van der Waals surface area contributed by atoms with Gasteiger partial charge in [0.2, 0.25) is 0 Å². The highest BCUT2D eigenvalue weighted by Gasteiger charge is 2.20. The molecule has 0 aliphatic heterocycles. The van der Waals surface area contributed by atoms with E-state index in [1.54, 1.807) is 35.2 Å². The first-order valence-corrected chi connectivity index (χ1v) is 12.6. The van der Waals surface area contributed by atoms with Crippen molar-refractivity contribution in [2.75, 3.05) is 17.2 Å². The van der Waals surface area contributed by atoms with Gasteiger partial charge < -0.3 is 30.0 Å². The third-order valence-corrected chi connectivity index (χ3v) is 6.51. The van der Waals surface area contributed by atoms with Crippen LogP contribution in [0.3, 0.4) is 0 Å². The fourth-order valence-corrected chi connectivity index (χ4v) is 4.46.